The van der Waals surface area contributed by atoms with Gasteiger partial charge in [-0.2, -0.15) is 10.1 Å². The van der Waals surface area contributed by atoms with E-state index in [0.717, 1.165) is 25.7 Å². The lowest BCUT2D eigenvalue weighted by Gasteiger charge is -2.33. The molecule has 5 nitrogen and oxygen atoms in total. The van der Waals surface area contributed by atoms with Crippen molar-refractivity contribution >= 4 is 0 Å². The Kier molecular flexibility index (Phi) is 7.38. The van der Waals surface area contributed by atoms with Crippen LogP contribution in [0, 0.1) is 5.21 Å². The Morgan fingerprint density at radius 1 is 0.947 bits per heavy atom. The summed E-state index contributed by atoms with van der Waals surface area (Å²) in [6.07, 6.45) is 12.2. The molecule has 0 spiro atoms. The highest BCUT2D eigenvalue weighted by atomic mass is 16.9. The minimum atomic E-state index is -0.863. The van der Waals surface area contributed by atoms with Gasteiger partial charge in [0.25, 0.3) is 0 Å². The first-order chi connectivity index (χ1) is 9.03. The molecule has 0 amide bonds. The van der Waals surface area contributed by atoms with Crippen LogP contribution in [-0.2, 0) is 4.84 Å². The number of hydrogen-bond acceptors (Lipinski definition) is 4. The van der Waals surface area contributed by atoms with E-state index in [1.165, 1.54) is 32.1 Å². The molecule has 1 fully saturated rings. The number of quaternary nitrogens is 1. The molecular formula is C14H29N3O2. The summed E-state index contributed by atoms with van der Waals surface area (Å²) in [4.78, 5) is 5.36. The van der Waals surface area contributed by atoms with Gasteiger partial charge in [0.05, 0.1) is 0 Å². The molecular weight excluding hydrogens is 242 g/mol. The average molecular weight is 271 g/mol. The first-order valence-electron chi connectivity index (χ1n) is 7.50. The molecule has 1 saturated carbocycles. The van der Waals surface area contributed by atoms with Gasteiger partial charge in [-0.3, -0.25) is 5.73 Å². The van der Waals surface area contributed by atoms with Gasteiger partial charge in [-0.25, -0.2) is 0 Å². The molecule has 0 bridgehead atoms. The quantitative estimate of drug-likeness (QED) is 0.538. The van der Waals surface area contributed by atoms with Crippen molar-refractivity contribution in [2.24, 2.45) is 11.5 Å². The van der Waals surface area contributed by atoms with E-state index in [-0.39, 0.29) is 5.82 Å². The summed E-state index contributed by atoms with van der Waals surface area (Å²) in [5.41, 5.74) is 10.7. The number of hydrogen-bond donors (Lipinski definition) is 3. The fourth-order valence-corrected chi connectivity index (χ4v) is 2.56. The van der Waals surface area contributed by atoms with E-state index in [0.29, 0.717) is 12.8 Å². The zero-order valence-corrected chi connectivity index (χ0v) is 12.0. The van der Waals surface area contributed by atoms with Crippen LogP contribution in [-0.4, -0.2) is 5.72 Å². The van der Waals surface area contributed by atoms with Crippen LogP contribution in [0.1, 0.15) is 70.6 Å². The lowest BCUT2D eigenvalue weighted by Crippen LogP contribution is -3.07. The lowest BCUT2D eigenvalue weighted by atomic mass is 9.96. The van der Waals surface area contributed by atoms with Crippen molar-refractivity contribution in [1.82, 2.24) is 0 Å². The Morgan fingerprint density at radius 2 is 1.32 bits per heavy atom. The Labute approximate surface area is 116 Å². The fourth-order valence-electron chi connectivity index (χ4n) is 2.56. The van der Waals surface area contributed by atoms with Gasteiger partial charge in [-0.05, 0) is 32.3 Å². The maximum Gasteiger partial charge on any atom is 0.223 e. The number of nitrogens with one attached hydrogen (secondary N) is 1. The van der Waals surface area contributed by atoms with E-state index in [1.54, 1.807) is 0 Å². The van der Waals surface area contributed by atoms with Crippen molar-refractivity contribution in [2.75, 3.05) is 0 Å². The molecule has 0 aromatic heterocycles. The monoisotopic (exact) mass is 271 g/mol. The smallest absolute Gasteiger partial charge is 0.223 e. The van der Waals surface area contributed by atoms with Crippen molar-refractivity contribution in [1.29, 1.82) is 0 Å². The zero-order chi connectivity index (χ0) is 14.1. The molecule has 5 N–H and O–H groups in total. The van der Waals surface area contributed by atoms with Gasteiger partial charge in [0.15, 0.2) is 5.72 Å². The Hall–Kier alpha value is -0.620. The SMILES string of the molecule is C=C(N)[NH+]([O-])OC1(N)CCCCCCCCCCC1. The Balaban J connectivity index is 2.50. The average Bonchev–Trinajstić information content (AvgIpc) is 2.34. The Bertz CT molecular complexity index is 259. The summed E-state index contributed by atoms with van der Waals surface area (Å²) in [5.74, 6) is -0.0732. The highest BCUT2D eigenvalue weighted by Crippen LogP contribution is 2.22. The van der Waals surface area contributed by atoms with E-state index in [1.807, 2.05) is 0 Å². The summed E-state index contributed by atoms with van der Waals surface area (Å²) >= 11 is 0. The normalized spacial score (nSPS) is 23.9. The molecule has 1 aliphatic rings. The number of rotatable bonds is 3. The maximum absolute atomic E-state index is 11.6. The van der Waals surface area contributed by atoms with Crippen LogP contribution in [0.5, 0.6) is 0 Å². The van der Waals surface area contributed by atoms with Gasteiger partial charge in [-0.15, -0.1) is 0 Å². The van der Waals surface area contributed by atoms with Gasteiger partial charge in [0.2, 0.25) is 5.82 Å². The molecule has 1 aliphatic carbocycles. The molecule has 0 heterocycles. The van der Waals surface area contributed by atoms with Crippen LogP contribution >= 0.6 is 0 Å². The second-order valence-corrected chi connectivity index (χ2v) is 5.66. The van der Waals surface area contributed by atoms with Gasteiger partial charge < -0.3 is 10.9 Å². The van der Waals surface area contributed by atoms with Crippen molar-refractivity contribution in [3.05, 3.63) is 17.6 Å². The van der Waals surface area contributed by atoms with Gasteiger partial charge in [0.1, 0.15) is 0 Å². The maximum atomic E-state index is 11.6. The molecule has 0 aliphatic heterocycles. The summed E-state index contributed by atoms with van der Waals surface area (Å²) in [6, 6.07) is 0. The van der Waals surface area contributed by atoms with E-state index in [4.69, 9.17) is 16.3 Å². The molecule has 1 rings (SSSR count). The summed E-state index contributed by atoms with van der Waals surface area (Å²) in [7, 11) is 0. The topological polar surface area (TPSA) is 88.8 Å². The zero-order valence-electron chi connectivity index (χ0n) is 12.0. The molecule has 1 atom stereocenters. The van der Waals surface area contributed by atoms with Crippen LogP contribution in [0.25, 0.3) is 0 Å². The molecule has 19 heavy (non-hydrogen) atoms. The predicted octanol–water partition coefficient (Wildman–Crippen LogP) is 1.69. The van der Waals surface area contributed by atoms with E-state index in [9.17, 15) is 5.21 Å². The number of nitrogens with two attached hydrogens (primary N) is 2. The number of hydroxylamine groups is 2. The molecule has 0 aromatic rings. The van der Waals surface area contributed by atoms with Gasteiger partial charge >= 0.3 is 0 Å². The van der Waals surface area contributed by atoms with Crippen molar-refractivity contribution < 1.29 is 10.1 Å². The van der Waals surface area contributed by atoms with Crippen LogP contribution in [0.4, 0.5) is 0 Å². The first-order valence-corrected chi connectivity index (χ1v) is 7.50. The van der Waals surface area contributed by atoms with Crippen LogP contribution < -0.4 is 16.7 Å². The van der Waals surface area contributed by atoms with Crippen LogP contribution in [0.3, 0.4) is 0 Å². The molecule has 112 valence electrons. The second kappa shape index (κ2) is 8.53. The lowest BCUT2D eigenvalue weighted by molar-refractivity contribution is -1.03. The third-order valence-electron chi connectivity index (χ3n) is 3.76. The van der Waals surface area contributed by atoms with Crippen LogP contribution in [0.15, 0.2) is 12.4 Å². The second-order valence-electron chi connectivity index (χ2n) is 5.66. The molecule has 0 aromatic carbocycles. The van der Waals surface area contributed by atoms with Gasteiger partial charge in [0, 0.05) is 0 Å². The molecule has 5 heteroatoms. The van der Waals surface area contributed by atoms with Gasteiger partial charge in [-0.1, -0.05) is 44.9 Å². The minimum absolute atomic E-state index is 0.0732. The largest absolute Gasteiger partial charge is 0.593 e. The fraction of sp³-hybridized carbons (Fsp3) is 0.857. The Morgan fingerprint density at radius 3 is 1.68 bits per heavy atom. The highest BCUT2D eigenvalue weighted by molar-refractivity contribution is 4.74. The standard InChI is InChI=1S/C14H29N3O2/c1-13(15)17(18)19-14(16)11-9-7-5-3-2-4-6-8-10-12-14/h17H,1-12,15-16H2. The minimum Gasteiger partial charge on any atom is -0.593 e. The summed E-state index contributed by atoms with van der Waals surface area (Å²) < 4.78 is 0. The molecule has 1 unspecified atom stereocenters. The van der Waals surface area contributed by atoms with Crippen LogP contribution in [0.2, 0.25) is 0 Å². The highest BCUT2D eigenvalue weighted by Gasteiger charge is 2.30. The molecule has 0 saturated heterocycles. The van der Waals surface area contributed by atoms with E-state index < -0.39 is 11.0 Å². The summed E-state index contributed by atoms with van der Waals surface area (Å²) in [5, 5.41) is 11.0. The predicted molar refractivity (Wildman–Crippen MR) is 76.4 cm³/mol. The third kappa shape index (κ3) is 6.92. The third-order valence-corrected chi connectivity index (χ3v) is 3.76. The summed E-state index contributed by atoms with van der Waals surface area (Å²) in [6.45, 7) is 3.40. The molecule has 0 radical (unpaired) electrons. The van der Waals surface area contributed by atoms with Crippen molar-refractivity contribution in [3.63, 3.8) is 0 Å². The van der Waals surface area contributed by atoms with E-state index >= 15 is 0 Å². The van der Waals surface area contributed by atoms with Crippen molar-refractivity contribution in [3.8, 4) is 0 Å². The van der Waals surface area contributed by atoms with Crippen molar-refractivity contribution in [2.45, 2.75) is 76.4 Å². The van der Waals surface area contributed by atoms with E-state index in [2.05, 4.69) is 6.58 Å². The first kappa shape index (κ1) is 16.4.